The summed E-state index contributed by atoms with van der Waals surface area (Å²) in [5.74, 6) is 0.434. The molecule has 0 unspecified atom stereocenters. The van der Waals surface area contributed by atoms with Gasteiger partial charge >= 0.3 is 12.0 Å². The number of hydrogen-bond donors (Lipinski definition) is 1. The molecule has 1 N–H and O–H groups in total. The molecule has 2 aliphatic heterocycles. The molecule has 9 nitrogen and oxygen atoms in total. The maximum atomic E-state index is 12.7. The van der Waals surface area contributed by atoms with E-state index in [2.05, 4.69) is 15.0 Å². The second kappa shape index (κ2) is 8.48. The van der Waals surface area contributed by atoms with Crippen molar-refractivity contribution in [3.8, 4) is 0 Å². The SMILES string of the molecule is COC(=O)c1ccc(CN2C(=O)N/C(=C\c3ccc(N4CCCCCC4)o3)C2=O)o1. The van der Waals surface area contributed by atoms with E-state index in [4.69, 9.17) is 8.83 Å². The highest BCUT2D eigenvalue weighted by Crippen LogP contribution is 2.25. The Morgan fingerprint density at radius 2 is 1.87 bits per heavy atom. The van der Waals surface area contributed by atoms with Crippen LogP contribution in [0.2, 0.25) is 0 Å². The summed E-state index contributed by atoms with van der Waals surface area (Å²) in [5.41, 5.74) is 0.122. The third kappa shape index (κ3) is 4.10. The zero-order chi connectivity index (χ0) is 21.1. The zero-order valence-electron chi connectivity index (χ0n) is 16.7. The van der Waals surface area contributed by atoms with Crippen LogP contribution in [0.1, 0.15) is 47.8 Å². The number of hydrogen-bond acceptors (Lipinski definition) is 7. The lowest BCUT2D eigenvalue weighted by Gasteiger charge is -2.18. The Labute approximate surface area is 173 Å². The van der Waals surface area contributed by atoms with Crippen LogP contribution in [0.25, 0.3) is 6.08 Å². The highest BCUT2D eigenvalue weighted by Gasteiger charge is 2.34. The molecule has 30 heavy (non-hydrogen) atoms. The molecule has 2 saturated heterocycles. The molecule has 2 aromatic rings. The number of ether oxygens (including phenoxy) is 1. The monoisotopic (exact) mass is 413 g/mol. The molecule has 2 aliphatic rings. The van der Waals surface area contributed by atoms with Crippen molar-refractivity contribution in [2.24, 2.45) is 0 Å². The van der Waals surface area contributed by atoms with Crippen LogP contribution >= 0.6 is 0 Å². The van der Waals surface area contributed by atoms with Crippen LogP contribution in [0.15, 0.2) is 38.8 Å². The van der Waals surface area contributed by atoms with Crippen molar-refractivity contribution < 1.29 is 28.0 Å². The highest BCUT2D eigenvalue weighted by atomic mass is 16.5. The summed E-state index contributed by atoms with van der Waals surface area (Å²) in [6.45, 7) is 1.80. The molecule has 158 valence electrons. The zero-order valence-corrected chi connectivity index (χ0v) is 16.7. The number of furan rings is 2. The van der Waals surface area contributed by atoms with Gasteiger partial charge in [0.15, 0.2) is 5.88 Å². The van der Waals surface area contributed by atoms with Gasteiger partial charge in [-0.25, -0.2) is 9.59 Å². The lowest BCUT2D eigenvalue weighted by molar-refractivity contribution is -0.123. The molecule has 9 heteroatoms. The average molecular weight is 413 g/mol. The van der Waals surface area contributed by atoms with Crippen molar-refractivity contribution in [1.29, 1.82) is 0 Å². The standard InChI is InChI=1S/C21H23N3O6/c1-28-20(26)17-8-6-15(29-17)13-24-19(25)16(22-21(24)27)12-14-7-9-18(30-14)23-10-4-2-3-5-11-23/h6-9,12H,2-5,10-11,13H2,1H3,(H,22,27)/b16-12-. The minimum absolute atomic E-state index is 0.00643. The Bertz CT molecular complexity index is 981. The van der Waals surface area contributed by atoms with E-state index >= 15 is 0 Å². The first kappa shape index (κ1) is 19.8. The Kier molecular flexibility index (Phi) is 5.60. The summed E-state index contributed by atoms with van der Waals surface area (Å²) in [7, 11) is 1.24. The fourth-order valence-electron chi connectivity index (χ4n) is 3.57. The number of methoxy groups -OCH3 is 1. The van der Waals surface area contributed by atoms with Crippen LogP contribution in [0.5, 0.6) is 0 Å². The molecular weight excluding hydrogens is 390 g/mol. The average Bonchev–Trinajstić information content (AvgIpc) is 3.40. The van der Waals surface area contributed by atoms with Gasteiger partial charge in [-0.15, -0.1) is 0 Å². The maximum Gasteiger partial charge on any atom is 0.373 e. The predicted octanol–water partition coefficient (Wildman–Crippen LogP) is 3.13. The van der Waals surface area contributed by atoms with Crippen LogP contribution in [-0.4, -0.2) is 43.0 Å². The molecule has 0 bridgehead atoms. The Hall–Kier alpha value is -3.49. The van der Waals surface area contributed by atoms with Gasteiger partial charge in [0.2, 0.25) is 5.76 Å². The summed E-state index contributed by atoms with van der Waals surface area (Å²) >= 11 is 0. The molecule has 0 aliphatic carbocycles. The van der Waals surface area contributed by atoms with Gasteiger partial charge in [-0.3, -0.25) is 9.69 Å². The van der Waals surface area contributed by atoms with Crippen LogP contribution in [-0.2, 0) is 16.1 Å². The van der Waals surface area contributed by atoms with Gasteiger partial charge < -0.3 is 23.8 Å². The van der Waals surface area contributed by atoms with Crippen LogP contribution in [0.4, 0.5) is 10.7 Å². The number of anilines is 1. The van der Waals surface area contributed by atoms with E-state index in [1.54, 1.807) is 6.07 Å². The Morgan fingerprint density at radius 3 is 2.60 bits per heavy atom. The fraction of sp³-hybridized carbons (Fsp3) is 0.381. The number of imide groups is 1. The van der Waals surface area contributed by atoms with Crippen molar-refractivity contribution in [2.45, 2.75) is 32.2 Å². The van der Waals surface area contributed by atoms with E-state index < -0.39 is 17.9 Å². The minimum Gasteiger partial charge on any atom is -0.463 e. The molecule has 0 atom stereocenters. The molecular formula is C21H23N3O6. The van der Waals surface area contributed by atoms with Gasteiger partial charge in [-0.1, -0.05) is 12.8 Å². The maximum absolute atomic E-state index is 12.7. The first-order valence-electron chi connectivity index (χ1n) is 9.91. The first-order valence-corrected chi connectivity index (χ1v) is 9.91. The largest absolute Gasteiger partial charge is 0.463 e. The highest BCUT2D eigenvalue weighted by molar-refractivity contribution is 6.13. The fourth-order valence-corrected chi connectivity index (χ4v) is 3.57. The molecule has 0 aromatic carbocycles. The third-order valence-electron chi connectivity index (χ3n) is 5.14. The van der Waals surface area contributed by atoms with E-state index in [-0.39, 0.29) is 18.0 Å². The van der Waals surface area contributed by atoms with E-state index in [0.29, 0.717) is 11.5 Å². The molecule has 4 heterocycles. The lowest BCUT2D eigenvalue weighted by atomic mass is 10.2. The van der Waals surface area contributed by atoms with Gasteiger partial charge in [-0.2, -0.15) is 0 Å². The van der Waals surface area contributed by atoms with Crippen LogP contribution in [0, 0.1) is 0 Å². The quantitative estimate of drug-likeness (QED) is 0.456. The molecule has 0 radical (unpaired) electrons. The molecule has 0 saturated carbocycles. The van der Waals surface area contributed by atoms with Gasteiger partial charge in [0.05, 0.1) is 13.7 Å². The summed E-state index contributed by atoms with van der Waals surface area (Å²) in [6.07, 6.45) is 6.22. The van der Waals surface area contributed by atoms with Crippen molar-refractivity contribution in [3.63, 3.8) is 0 Å². The van der Waals surface area contributed by atoms with Gasteiger partial charge in [0, 0.05) is 25.2 Å². The second-order valence-electron chi connectivity index (χ2n) is 7.21. The molecule has 4 rings (SSSR count). The third-order valence-corrected chi connectivity index (χ3v) is 5.14. The number of rotatable bonds is 5. The molecule has 3 amide bonds. The predicted molar refractivity (Wildman–Crippen MR) is 106 cm³/mol. The van der Waals surface area contributed by atoms with Crippen molar-refractivity contribution in [1.82, 2.24) is 10.2 Å². The summed E-state index contributed by atoms with van der Waals surface area (Å²) in [4.78, 5) is 39.6. The topological polar surface area (TPSA) is 105 Å². The van der Waals surface area contributed by atoms with E-state index in [1.807, 2.05) is 6.07 Å². The van der Waals surface area contributed by atoms with Crippen LogP contribution in [0.3, 0.4) is 0 Å². The Balaban J connectivity index is 1.45. The summed E-state index contributed by atoms with van der Waals surface area (Å²) in [6, 6.07) is 6.05. The van der Waals surface area contributed by atoms with Gasteiger partial charge in [0.1, 0.15) is 17.2 Å². The molecule has 2 fully saturated rings. The summed E-state index contributed by atoms with van der Waals surface area (Å²) in [5, 5.41) is 2.55. The number of urea groups is 1. The number of carbonyl (C=O) groups excluding carboxylic acids is 3. The first-order chi connectivity index (χ1) is 14.5. The number of carbonyl (C=O) groups is 3. The van der Waals surface area contributed by atoms with E-state index in [0.717, 1.165) is 36.7 Å². The number of nitrogens with zero attached hydrogens (tertiary/aromatic N) is 2. The van der Waals surface area contributed by atoms with Crippen molar-refractivity contribution in [2.75, 3.05) is 25.1 Å². The van der Waals surface area contributed by atoms with Crippen molar-refractivity contribution >= 4 is 29.9 Å². The Morgan fingerprint density at radius 1 is 1.10 bits per heavy atom. The normalized spacial score (nSPS) is 18.6. The second-order valence-corrected chi connectivity index (χ2v) is 7.21. The van der Waals surface area contributed by atoms with Crippen molar-refractivity contribution in [3.05, 3.63) is 47.2 Å². The van der Waals surface area contributed by atoms with Gasteiger partial charge in [0.25, 0.3) is 5.91 Å². The number of esters is 1. The van der Waals surface area contributed by atoms with Gasteiger partial charge in [-0.05, 0) is 31.0 Å². The minimum atomic E-state index is -0.628. The lowest BCUT2D eigenvalue weighted by Crippen LogP contribution is -2.30. The summed E-state index contributed by atoms with van der Waals surface area (Å²) < 4.78 is 15.8. The van der Waals surface area contributed by atoms with E-state index in [1.165, 1.54) is 38.2 Å². The van der Waals surface area contributed by atoms with Crippen LogP contribution < -0.4 is 10.2 Å². The van der Waals surface area contributed by atoms with E-state index in [9.17, 15) is 14.4 Å². The smallest absolute Gasteiger partial charge is 0.373 e. The number of nitrogens with one attached hydrogen (secondary N) is 1. The number of amides is 3. The molecule has 2 aromatic heterocycles. The molecule has 0 spiro atoms.